The summed E-state index contributed by atoms with van der Waals surface area (Å²) >= 11 is 0.875. The van der Waals surface area contributed by atoms with Gasteiger partial charge in [-0.1, -0.05) is 13.8 Å². The van der Waals surface area contributed by atoms with Crippen LogP contribution in [0.15, 0.2) is 17.2 Å². The number of anilines is 2. The maximum atomic E-state index is 11.8. The van der Waals surface area contributed by atoms with E-state index in [0.717, 1.165) is 37.0 Å². The molecule has 27 heavy (non-hydrogen) atoms. The maximum Gasteiger partial charge on any atom is 0.290 e. The van der Waals surface area contributed by atoms with Gasteiger partial charge < -0.3 is 10.6 Å². The van der Waals surface area contributed by atoms with Crippen LogP contribution in [0.1, 0.15) is 37.9 Å². The summed E-state index contributed by atoms with van der Waals surface area (Å²) in [5.41, 5.74) is 1.34. The number of aromatic nitrogens is 3. The Morgan fingerprint density at radius 3 is 2.78 bits per heavy atom. The molecule has 1 saturated heterocycles. The molecule has 2 aliphatic rings. The number of hydrogen-bond donors (Lipinski definition) is 4. The number of amides is 2. The van der Waals surface area contributed by atoms with Gasteiger partial charge in [-0.05, 0) is 43.5 Å². The molecule has 2 heterocycles. The topological polar surface area (TPSA) is 112 Å². The summed E-state index contributed by atoms with van der Waals surface area (Å²) in [4.78, 5) is 28.2. The van der Waals surface area contributed by atoms with Crippen molar-refractivity contribution < 1.29 is 9.59 Å². The second-order valence-electron chi connectivity index (χ2n) is 7.01. The van der Waals surface area contributed by atoms with Gasteiger partial charge in [0.25, 0.3) is 11.1 Å². The average molecular weight is 388 g/mol. The van der Waals surface area contributed by atoms with Gasteiger partial charge >= 0.3 is 0 Å². The zero-order valence-corrected chi connectivity index (χ0v) is 16.4. The van der Waals surface area contributed by atoms with Gasteiger partial charge in [0.15, 0.2) is 0 Å². The normalized spacial score (nSPS) is 17.9. The van der Waals surface area contributed by atoms with Gasteiger partial charge in [-0.25, -0.2) is 4.98 Å². The predicted octanol–water partition coefficient (Wildman–Crippen LogP) is 3.20. The average Bonchev–Trinajstić information content (AvgIpc) is 3.33. The molecule has 4 N–H and O–H groups in total. The zero-order valence-electron chi connectivity index (χ0n) is 15.6. The molecule has 0 radical (unpaired) electrons. The van der Waals surface area contributed by atoms with E-state index in [1.807, 2.05) is 13.0 Å². The highest BCUT2D eigenvalue weighted by atomic mass is 32.2. The molecule has 1 aromatic rings. The SMILES string of the molecule is Cc1nc(NCC(C)C)cc(NC2CC2)[nH]ncc1/C=C1\SC(=O)NC1=O. The van der Waals surface area contributed by atoms with Gasteiger partial charge in [0.2, 0.25) is 0 Å². The van der Waals surface area contributed by atoms with Gasteiger partial charge in [0, 0.05) is 29.9 Å². The molecule has 0 unspecified atom stereocenters. The van der Waals surface area contributed by atoms with Crippen LogP contribution in [0, 0.1) is 12.8 Å². The largest absolute Gasteiger partial charge is 0.370 e. The van der Waals surface area contributed by atoms with Crippen molar-refractivity contribution in [3.63, 3.8) is 0 Å². The summed E-state index contributed by atoms with van der Waals surface area (Å²) < 4.78 is 0. The van der Waals surface area contributed by atoms with Crippen molar-refractivity contribution in [1.82, 2.24) is 20.5 Å². The predicted molar refractivity (Wildman–Crippen MR) is 108 cm³/mol. The van der Waals surface area contributed by atoms with Crippen molar-refractivity contribution in [2.45, 2.75) is 39.7 Å². The fourth-order valence-electron chi connectivity index (χ4n) is 2.34. The van der Waals surface area contributed by atoms with Crippen LogP contribution < -0.4 is 16.0 Å². The summed E-state index contributed by atoms with van der Waals surface area (Å²) in [6.07, 6.45) is 5.53. The van der Waals surface area contributed by atoms with Crippen molar-refractivity contribution in [3.05, 3.63) is 28.4 Å². The molecule has 0 spiro atoms. The minimum absolute atomic E-state index is 0.330. The molecule has 3 rings (SSSR count). The van der Waals surface area contributed by atoms with Crippen LogP contribution in [0.25, 0.3) is 6.08 Å². The Morgan fingerprint density at radius 1 is 1.37 bits per heavy atom. The Labute approximate surface area is 162 Å². The van der Waals surface area contributed by atoms with E-state index in [2.05, 4.69) is 45.0 Å². The van der Waals surface area contributed by atoms with Crippen LogP contribution in [0.3, 0.4) is 0 Å². The van der Waals surface area contributed by atoms with Crippen LogP contribution in [0.5, 0.6) is 0 Å². The highest BCUT2D eigenvalue weighted by Gasteiger charge is 2.25. The molecule has 144 valence electrons. The Morgan fingerprint density at radius 2 is 2.15 bits per heavy atom. The molecule has 1 saturated carbocycles. The van der Waals surface area contributed by atoms with Gasteiger partial charge in [0.1, 0.15) is 11.6 Å². The number of imide groups is 1. The standard InChI is InChI=1S/C18H24N6O2S/c1-10(2)8-19-15-7-16(22-13-4-5-13)24-20-9-12(11(3)21-15)6-14-17(25)23-18(26)27-14/h6-7,9-10,13,22,24H,4-5,8H2,1-3H3,(H,19,21)(H,23,25,26)/b12-11?,14-6-,16-7?,20-9?. The zero-order chi connectivity index (χ0) is 19.4. The van der Waals surface area contributed by atoms with Crippen molar-refractivity contribution in [1.29, 1.82) is 0 Å². The van der Waals surface area contributed by atoms with Crippen LogP contribution in [0.2, 0.25) is 0 Å². The Bertz CT molecular complexity index is 827. The molecule has 1 aliphatic heterocycles. The fourth-order valence-corrected chi connectivity index (χ4v) is 3.01. The first kappa shape index (κ1) is 19.2. The number of hydrogen-bond acceptors (Lipinski definition) is 7. The minimum Gasteiger partial charge on any atom is -0.370 e. The Kier molecular flexibility index (Phi) is 6.00. The number of carbonyl (C=O) groups excluding carboxylic acids is 2. The van der Waals surface area contributed by atoms with Gasteiger partial charge in [-0.15, -0.1) is 0 Å². The molecule has 0 atom stereocenters. The molecule has 9 heteroatoms. The second kappa shape index (κ2) is 8.43. The number of aryl methyl sites for hydroxylation is 1. The number of nitrogens with one attached hydrogen (secondary N) is 4. The monoisotopic (exact) mass is 388 g/mol. The number of thioether (sulfide) groups is 1. The van der Waals surface area contributed by atoms with E-state index in [1.165, 1.54) is 0 Å². The number of H-pyrrole nitrogens is 1. The molecule has 1 aliphatic carbocycles. The molecule has 0 aromatic carbocycles. The molecule has 8 nitrogen and oxygen atoms in total. The van der Waals surface area contributed by atoms with E-state index in [4.69, 9.17) is 0 Å². The third-order valence-electron chi connectivity index (χ3n) is 3.93. The highest BCUT2D eigenvalue weighted by molar-refractivity contribution is 8.18. The summed E-state index contributed by atoms with van der Waals surface area (Å²) in [6, 6.07) is 2.37. The summed E-state index contributed by atoms with van der Waals surface area (Å²) in [5, 5.41) is 15.9. The molecular weight excluding hydrogens is 364 g/mol. The van der Waals surface area contributed by atoms with Gasteiger partial charge in [-0.3, -0.25) is 20.0 Å². The summed E-state index contributed by atoms with van der Waals surface area (Å²) in [7, 11) is 0. The number of nitrogens with zero attached hydrogens (tertiary/aromatic N) is 2. The lowest BCUT2D eigenvalue weighted by atomic mass is 10.2. The van der Waals surface area contributed by atoms with Crippen LogP contribution >= 0.6 is 11.8 Å². The molecule has 1 aromatic heterocycles. The van der Waals surface area contributed by atoms with E-state index in [-0.39, 0.29) is 5.24 Å². The number of aromatic amines is 1. The molecule has 0 bridgehead atoms. The smallest absolute Gasteiger partial charge is 0.290 e. The van der Waals surface area contributed by atoms with Crippen molar-refractivity contribution in [2.24, 2.45) is 5.92 Å². The lowest BCUT2D eigenvalue weighted by Gasteiger charge is -2.08. The lowest BCUT2D eigenvalue weighted by molar-refractivity contribution is -0.115. The maximum absolute atomic E-state index is 11.8. The first-order valence-electron chi connectivity index (χ1n) is 8.96. The van der Waals surface area contributed by atoms with Crippen LogP contribution in [0.4, 0.5) is 16.4 Å². The first-order valence-corrected chi connectivity index (χ1v) is 9.78. The van der Waals surface area contributed by atoms with Gasteiger partial charge in [-0.2, -0.15) is 5.10 Å². The van der Waals surface area contributed by atoms with E-state index >= 15 is 0 Å². The Balaban J connectivity index is 2.00. The van der Waals surface area contributed by atoms with E-state index < -0.39 is 5.91 Å². The molecule has 2 fully saturated rings. The third kappa shape index (κ3) is 5.72. The summed E-state index contributed by atoms with van der Waals surface area (Å²) in [6.45, 7) is 6.89. The lowest BCUT2D eigenvalue weighted by Crippen LogP contribution is -2.17. The van der Waals surface area contributed by atoms with Crippen molar-refractivity contribution in [2.75, 3.05) is 17.2 Å². The van der Waals surface area contributed by atoms with E-state index in [9.17, 15) is 9.59 Å². The second-order valence-corrected chi connectivity index (χ2v) is 8.03. The van der Waals surface area contributed by atoms with Crippen LogP contribution in [-0.2, 0) is 4.79 Å². The van der Waals surface area contributed by atoms with Gasteiger partial charge in [0.05, 0.1) is 11.1 Å². The quantitative estimate of drug-likeness (QED) is 0.554. The summed E-state index contributed by atoms with van der Waals surface area (Å²) in [5.74, 6) is 1.54. The Hall–Kier alpha value is -2.55. The fraction of sp³-hybridized carbons (Fsp3) is 0.444. The van der Waals surface area contributed by atoms with Crippen molar-refractivity contribution in [3.8, 4) is 0 Å². The third-order valence-corrected chi connectivity index (χ3v) is 4.74. The van der Waals surface area contributed by atoms with E-state index in [0.29, 0.717) is 33.9 Å². The molecule has 2 amide bonds. The van der Waals surface area contributed by atoms with Crippen LogP contribution in [-0.4, -0.2) is 38.9 Å². The minimum atomic E-state index is -0.400. The number of rotatable bonds is 6. The highest BCUT2D eigenvalue weighted by Crippen LogP contribution is 2.26. The number of carbonyl (C=O) groups is 2. The first-order chi connectivity index (χ1) is 12.9. The van der Waals surface area contributed by atoms with Crippen molar-refractivity contribution >= 4 is 40.6 Å². The van der Waals surface area contributed by atoms with E-state index in [1.54, 1.807) is 12.3 Å². The molecular formula is C18H24N6O2S.